The number of hydrogen-bond donors (Lipinski definition) is 3. The highest BCUT2D eigenvalue weighted by Crippen LogP contribution is 2.21. The largest absolute Gasteiger partial charge is 0.462 e. The standard InChI is InChI=1S/C41H79N3O4.C13H26.2C2H6.H3N/c1-5-8-10-12-15-21-27-40(28-22-16-13-11-9-6-2)48-41(46)29-23-17-14-18-25-31-47-35-39-32-38(43-33-37(42)7-3)34-44(39)30-24-19-20-26-36(4)45;1-3-5-7-9-11-13-12-10-8-6-4-2;2*1-2;/h33,38-40,43H,5-32,34-35,42H2,1-4H3;3H,1,4-13H2,2H3;2*1-2H3;1H3/b37-33-;;;;/t38?,39-;;;;/m0..../s1. The number of nitrogens with zero attached hydrogens (tertiary/aromatic N) is 1. The molecule has 8 heteroatoms. The molecule has 1 unspecified atom stereocenters. The summed E-state index contributed by atoms with van der Waals surface area (Å²) >= 11 is 0. The van der Waals surface area contributed by atoms with Gasteiger partial charge in [0.25, 0.3) is 0 Å². The molecule has 0 aromatic heterocycles. The average Bonchev–Trinajstić information content (AvgIpc) is 3.71. The molecule has 6 N–H and O–H groups in total. The molecule has 0 aromatic carbocycles. The van der Waals surface area contributed by atoms with Gasteiger partial charge in [-0.1, -0.05) is 203 Å². The summed E-state index contributed by atoms with van der Waals surface area (Å²) in [6.07, 6.45) is 47.3. The van der Waals surface area contributed by atoms with Gasteiger partial charge in [0.1, 0.15) is 11.9 Å². The number of ether oxygens (including phenoxy) is 2. The molecule has 0 spiro atoms. The number of carbonyl (C=O) groups is 2. The molecular weight excluding hydrogens is 817 g/mol. The van der Waals surface area contributed by atoms with Crippen LogP contribution in [0.3, 0.4) is 0 Å². The first-order valence-corrected chi connectivity index (χ1v) is 28.6. The topological polar surface area (TPSA) is 129 Å². The number of hydrogen-bond acceptors (Lipinski definition) is 8. The highest BCUT2D eigenvalue weighted by molar-refractivity contribution is 5.75. The summed E-state index contributed by atoms with van der Waals surface area (Å²) in [5.74, 6) is 0.303. The summed E-state index contributed by atoms with van der Waals surface area (Å²) < 4.78 is 12.2. The molecule has 1 saturated heterocycles. The van der Waals surface area contributed by atoms with Gasteiger partial charge in [-0.25, -0.2) is 0 Å². The van der Waals surface area contributed by atoms with Crippen LogP contribution >= 0.6 is 0 Å². The van der Waals surface area contributed by atoms with Gasteiger partial charge in [0.15, 0.2) is 0 Å². The van der Waals surface area contributed by atoms with Crippen molar-refractivity contribution in [3.8, 4) is 0 Å². The van der Waals surface area contributed by atoms with Crippen molar-refractivity contribution < 1.29 is 19.1 Å². The molecule has 1 heterocycles. The molecule has 396 valence electrons. The van der Waals surface area contributed by atoms with E-state index in [2.05, 4.69) is 44.5 Å². The van der Waals surface area contributed by atoms with Crippen molar-refractivity contribution in [1.29, 1.82) is 0 Å². The number of ketones is 1. The predicted molar refractivity (Wildman–Crippen MR) is 293 cm³/mol. The molecule has 0 radical (unpaired) electrons. The molecule has 0 bridgehead atoms. The molecule has 66 heavy (non-hydrogen) atoms. The van der Waals surface area contributed by atoms with Crippen LogP contribution in [-0.2, 0) is 19.1 Å². The summed E-state index contributed by atoms with van der Waals surface area (Å²) in [6.45, 7) is 25.9. The Morgan fingerprint density at radius 3 is 1.61 bits per heavy atom. The van der Waals surface area contributed by atoms with Crippen molar-refractivity contribution in [2.24, 2.45) is 5.73 Å². The first kappa shape index (κ1) is 70.7. The molecule has 2 atom stereocenters. The van der Waals surface area contributed by atoms with Crippen LogP contribution in [0.2, 0.25) is 0 Å². The van der Waals surface area contributed by atoms with Gasteiger partial charge in [0, 0.05) is 50.0 Å². The quantitative estimate of drug-likeness (QED) is 0.0313. The molecule has 1 aliphatic rings. The number of allylic oxidation sites excluding steroid dienone is 2. The highest BCUT2D eigenvalue weighted by atomic mass is 16.5. The molecule has 0 aliphatic carbocycles. The molecule has 1 aliphatic heterocycles. The molecular formula is C58H120N4O4. The Balaban J connectivity index is -0.000000907. The van der Waals surface area contributed by atoms with Crippen LogP contribution in [0.1, 0.15) is 293 Å². The third-order valence-electron chi connectivity index (χ3n) is 12.5. The van der Waals surface area contributed by atoms with Crippen molar-refractivity contribution in [3.05, 3.63) is 24.6 Å². The smallest absolute Gasteiger partial charge is 0.306 e. The van der Waals surface area contributed by atoms with Gasteiger partial charge in [-0.2, -0.15) is 0 Å². The van der Waals surface area contributed by atoms with E-state index in [9.17, 15) is 9.59 Å². The Morgan fingerprint density at radius 2 is 1.11 bits per heavy atom. The first-order valence-electron chi connectivity index (χ1n) is 28.6. The van der Waals surface area contributed by atoms with Gasteiger partial charge in [-0.05, 0) is 90.5 Å². The van der Waals surface area contributed by atoms with Crippen LogP contribution < -0.4 is 17.2 Å². The van der Waals surface area contributed by atoms with Gasteiger partial charge < -0.3 is 31.5 Å². The van der Waals surface area contributed by atoms with Gasteiger partial charge in [-0.3, -0.25) is 9.69 Å². The van der Waals surface area contributed by atoms with E-state index in [-0.39, 0.29) is 24.0 Å². The second kappa shape index (κ2) is 59.2. The minimum Gasteiger partial charge on any atom is -0.462 e. The van der Waals surface area contributed by atoms with Crippen LogP contribution in [0.15, 0.2) is 24.6 Å². The van der Waals surface area contributed by atoms with E-state index < -0.39 is 0 Å². The zero-order valence-corrected chi connectivity index (χ0v) is 46.2. The number of nitrogens with one attached hydrogen (secondary N) is 1. The number of Topliss-reactive ketones (excluding diaryl/α,β-unsaturated/α-hetero) is 1. The Morgan fingerprint density at radius 1 is 0.652 bits per heavy atom. The van der Waals surface area contributed by atoms with E-state index in [0.29, 0.717) is 24.9 Å². The SMILES string of the molecule is C=CCCCCCCCCCCC.CC.CC.CCCCCCCCC(CCCCCCCC)OC(=O)CCCCCCCOC[C@@H]1CC(N/C=C(\N)CC)CN1CCCCCC(C)=O.N. The van der Waals surface area contributed by atoms with Crippen molar-refractivity contribution >= 4 is 11.8 Å². The van der Waals surface area contributed by atoms with Crippen molar-refractivity contribution in [3.63, 3.8) is 0 Å². The maximum atomic E-state index is 12.7. The minimum absolute atomic E-state index is 0. The number of esters is 1. The van der Waals surface area contributed by atoms with E-state index in [1.807, 2.05) is 40.0 Å². The lowest BCUT2D eigenvalue weighted by molar-refractivity contribution is -0.150. The maximum Gasteiger partial charge on any atom is 0.306 e. The zero-order valence-electron chi connectivity index (χ0n) is 46.2. The van der Waals surface area contributed by atoms with Gasteiger partial charge in [0.05, 0.1) is 6.61 Å². The molecule has 0 saturated carbocycles. The average molecular weight is 938 g/mol. The van der Waals surface area contributed by atoms with E-state index in [0.717, 1.165) is 109 Å². The third kappa shape index (κ3) is 51.5. The summed E-state index contributed by atoms with van der Waals surface area (Å²) in [5, 5.41) is 3.53. The predicted octanol–water partition coefficient (Wildman–Crippen LogP) is 17.5. The summed E-state index contributed by atoms with van der Waals surface area (Å²) in [7, 11) is 0. The normalized spacial score (nSPS) is 14.5. The fourth-order valence-corrected chi connectivity index (χ4v) is 8.38. The Labute approximate surface area is 414 Å². The Bertz CT molecular complexity index is 992. The number of unbranched alkanes of at least 4 members (excludes halogenated alkanes) is 25. The van der Waals surface area contributed by atoms with Gasteiger partial charge >= 0.3 is 5.97 Å². The van der Waals surface area contributed by atoms with Crippen LogP contribution in [0.25, 0.3) is 0 Å². The second-order valence-electron chi connectivity index (χ2n) is 18.6. The van der Waals surface area contributed by atoms with Gasteiger partial charge in [-0.15, -0.1) is 6.58 Å². The Kier molecular flexibility index (Phi) is 63.4. The summed E-state index contributed by atoms with van der Waals surface area (Å²) in [6, 6.07) is 0.817. The lowest BCUT2D eigenvalue weighted by atomic mass is 10.0. The van der Waals surface area contributed by atoms with E-state index in [1.165, 1.54) is 141 Å². The van der Waals surface area contributed by atoms with Crippen molar-refractivity contribution in [2.45, 2.75) is 312 Å². The summed E-state index contributed by atoms with van der Waals surface area (Å²) in [5.41, 5.74) is 6.91. The monoisotopic (exact) mass is 937 g/mol. The zero-order chi connectivity index (χ0) is 48.9. The number of carbonyl (C=O) groups excluding carboxylic acids is 2. The molecule has 0 amide bonds. The molecule has 1 rings (SSSR count). The molecule has 8 nitrogen and oxygen atoms in total. The van der Waals surface area contributed by atoms with Crippen molar-refractivity contribution in [2.75, 3.05) is 26.3 Å². The fraction of sp³-hybridized carbons (Fsp3) is 0.897. The lowest BCUT2D eigenvalue weighted by Gasteiger charge is -2.24. The van der Waals surface area contributed by atoms with Crippen LogP contribution in [0, 0.1) is 0 Å². The number of nitrogens with two attached hydrogens (primary N) is 1. The van der Waals surface area contributed by atoms with Crippen molar-refractivity contribution in [1.82, 2.24) is 16.4 Å². The maximum absolute atomic E-state index is 12.7. The highest BCUT2D eigenvalue weighted by Gasteiger charge is 2.31. The Hall–Kier alpha value is -1.90. The number of likely N-dealkylation sites (tertiary alicyclic amines) is 1. The third-order valence-corrected chi connectivity index (χ3v) is 12.5. The lowest BCUT2D eigenvalue weighted by Crippen LogP contribution is -2.35. The second-order valence-corrected chi connectivity index (χ2v) is 18.6. The van der Waals surface area contributed by atoms with E-state index in [4.69, 9.17) is 15.2 Å². The molecule has 0 aromatic rings. The summed E-state index contributed by atoms with van der Waals surface area (Å²) in [4.78, 5) is 26.5. The van der Waals surface area contributed by atoms with Crippen LogP contribution in [0.5, 0.6) is 0 Å². The van der Waals surface area contributed by atoms with Crippen LogP contribution in [0.4, 0.5) is 0 Å². The van der Waals surface area contributed by atoms with E-state index in [1.54, 1.807) is 6.92 Å². The first-order chi connectivity index (χ1) is 31.8. The van der Waals surface area contributed by atoms with Crippen LogP contribution in [-0.4, -0.2) is 61.1 Å². The van der Waals surface area contributed by atoms with E-state index >= 15 is 0 Å². The van der Waals surface area contributed by atoms with Gasteiger partial charge in [0.2, 0.25) is 0 Å². The number of rotatable bonds is 44. The fourth-order valence-electron chi connectivity index (χ4n) is 8.38. The minimum atomic E-state index is 0. The molecule has 1 fully saturated rings.